The van der Waals surface area contributed by atoms with Crippen LogP contribution in [0.2, 0.25) is 0 Å². The van der Waals surface area contributed by atoms with Crippen molar-refractivity contribution in [3.8, 4) is 0 Å². The molecule has 0 atom stereocenters. The minimum absolute atomic E-state index is 3.00. The Morgan fingerprint density at radius 3 is 0.420 bits per heavy atom. The summed E-state index contributed by atoms with van der Waals surface area (Å²) in [4.78, 5) is 0. The third-order valence-electron chi connectivity index (χ3n) is 10.9. The maximum atomic E-state index is 14.1. The first kappa shape index (κ1) is 84.2. The van der Waals surface area contributed by atoms with E-state index in [1.165, 1.54) is 0 Å². The van der Waals surface area contributed by atoms with E-state index >= 15 is 0 Å². The zero-order valence-electron chi connectivity index (χ0n) is 37.9. The maximum Gasteiger partial charge on any atom is 0.697 e. The second-order valence-corrected chi connectivity index (χ2v) is 17.4. The SMILES string of the molecule is O=[P+](OCCC(F)(F)C(F)(F)C(F)(F)C(F)(F)C(F)(F)C(F)(F)C(F)(F)C(F)(F)C(F)(F)C(F)(F)C(F)(C(F)(F)F)C(F)(F)F)OCCC(F)(F)C(F)(F)C(F)(F)C(F)(F)C(F)(F)C(F)(F)C(F)(F)C(F)(F)C(F)(F)C(F)(F)C(F)(C(F)(F)F)C(F)(F)F. The molecule has 0 aliphatic heterocycles. The molecular formula is C30H8F54O3P+. The van der Waals surface area contributed by atoms with Crippen LogP contribution < -0.4 is 0 Å². The highest BCUT2D eigenvalue weighted by Gasteiger charge is 3.04. The molecule has 0 aromatic rings. The molecule has 0 amide bonds. The lowest BCUT2D eigenvalue weighted by Crippen LogP contribution is -2.79. The Morgan fingerprint density at radius 2 is 0.295 bits per heavy atom. The fourth-order valence-corrected chi connectivity index (χ4v) is 6.09. The molecule has 58 heteroatoms. The van der Waals surface area contributed by atoms with E-state index in [4.69, 9.17) is 0 Å². The quantitative estimate of drug-likeness (QED) is 0.0579. The lowest BCUT2D eigenvalue weighted by Gasteiger charge is -2.46. The largest absolute Gasteiger partial charge is 0.697 e. The van der Waals surface area contributed by atoms with Crippen LogP contribution in [0.25, 0.3) is 0 Å². The van der Waals surface area contributed by atoms with Crippen molar-refractivity contribution in [2.75, 3.05) is 13.2 Å². The molecule has 528 valence electrons. The molecule has 0 N–H and O–H groups in total. The van der Waals surface area contributed by atoms with Crippen molar-refractivity contribution in [2.24, 2.45) is 0 Å². The summed E-state index contributed by atoms with van der Waals surface area (Å²) < 4.78 is 756. The standard InChI is InChI=1S/C30H8F54O3P/c31-5(32,9(37,38)13(45,46)17(53,54)21(61,62)25(69,70)23(65,66)19(57,58)15(49,50)11(41,42)7(35,27(73,74)75)28(76,77)78)1-3-86-88(85)87-4-2-6(33,34)10(39,40)14(47,48)18(55,56)22(63,64)26(71,72)24(67,68)20(59,60)16(51,52)12(43,44)8(36,29(79,80)81)30(82,83)84/h1-4H2/q+1. The molecule has 0 spiro atoms. The Bertz CT molecular complexity index is 2270. The van der Waals surface area contributed by atoms with Gasteiger partial charge in [-0.2, -0.15) is 228 Å². The van der Waals surface area contributed by atoms with E-state index in [0.717, 1.165) is 0 Å². The summed E-state index contributed by atoms with van der Waals surface area (Å²) in [5.41, 5.74) is -19.0. The fraction of sp³-hybridized carbons (Fsp3) is 1.00. The number of halogens is 54. The Morgan fingerprint density at radius 1 is 0.182 bits per heavy atom. The molecule has 0 aliphatic carbocycles. The molecule has 0 heterocycles. The average Bonchev–Trinajstić information content (AvgIpc) is 3.27. The molecule has 0 aliphatic rings. The lowest BCUT2D eigenvalue weighted by molar-refractivity contribution is -0.487. The molecule has 3 nitrogen and oxygen atoms in total. The van der Waals surface area contributed by atoms with Crippen molar-refractivity contribution in [3.63, 3.8) is 0 Å². The smallest absolute Gasteiger partial charge is 0.216 e. The van der Waals surface area contributed by atoms with Crippen LogP contribution in [0, 0.1) is 0 Å². The zero-order valence-corrected chi connectivity index (χ0v) is 38.8. The van der Waals surface area contributed by atoms with Crippen LogP contribution in [-0.2, 0) is 13.6 Å². The van der Waals surface area contributed by atoms with Gasteiger partial charge in [-0.3, -0.25) is 0 Å². The van der Waals surface area contributed by atoms with Crippen molar-refractivity contribution >= 4 is 8.25 Å². The number of hydrogen-bond acceptors (Lipinski definition) is 3. The molecule has 88 heavy (non-hydrogen) atoms. The lowest BCUT2D eigenvalue weighted by atomic mass is 9.82. The van der Waals surface area contributed by atoms with Gasteiger partial charge in [0.2, 0.25) is 0 Å². The zero-order chi connectivity index (χ0) is 72.8. The highest BCUT2D eigenvalue weighted by Crippen LogP contribution is 2.72. The average molecular weight is 1470 g/mol. The van der Waals surface area contributed by atoms with E-state index in [2.05, 4.69) is 9.05 Å². The van der Waals surface area contributed by atoms with E-state index < -0.39 is 189 Å². The molecule has 0 bridgehead atoms. The molecule has 0 aromatic carbocycles. The highest BCUT2D eigenvalue weighted by atomic mass is 31.1. The number of rotatable bonds is 28. The Labute approximate surface area is 440 Å². The predicted octanol–water partition coefficient (Wildman–Crippen LogP) is 18.8. The summed E-state index contributed by atoms with van der Waals surface area (Å²) >= 11 is 0. The molecule has 0 fully saturated rings. The second kappa shape index (κ2) is 21.7. The van der Waals surface area contributed by atoms with Gasteiger partial charge < -0.3 is 0 Å². The normalized spacial score (nSPS) is 17.1. The summed E-state index contributed by atoms with van der Waals surface area (Å²) in [5.74, 6) is -195. The Kier molecular flexibility index (Phi) is 20.7. The first-order valence-corrected chi connectivity index (χ1v) is 20.1. The maximum absolute atomic E-state index is 14.1. The van der Waals surface area contributed by atoms with Crippen LogP contribution in [0.1, 0.15) is 12.8 Å². The molecule has 0 saturated carbocycles. The molecule has 0 rings (SSSR count). The van der Waals surface area contributed by atoms with Crippen LogP contribution in [0.4, 0.5) is 237 Å². The predicted molar refractivity (Wildman–Crippen MR) is 160 cm³/mol. The van der Waals surface area contributed by atoms with E-state index in [1.807, 2.05) is 0 Å². The van der Waals surface area contributed by atoms with Gasteiger partial charge in [0, 0.05) is 17.4 Å². The van der Waals surface area contributed by atoms with E-state index in [1.54, 1.807) is 0 Å². The second-order valence-electron chi connectivity index (χ2n) is 16.4. The monoisotopic (exact) mass is 1470 g/mol. The third-order valence-corrected chi connectivity index (χ3v) is 11.7. The summed E-state index contributed by atoms with van der Waals surface area (Å²) in [6.45, 7) is -6.73. The first-order valence-electron chi connectivity index (χ1n) is 19.0. The van der Waals surface area contributed by atoms with Crippen molar-refractivity contribution in [3.05, 3.63) is 0 Å². The molecular weight excluding hydrogens is 1470 g/mol. The van der Waals surface area contributed by atoms with Gasteiger partial charge >= 0.3 is 163 Å². The van der Waals surface area contributed by atoms with Crippen molar-refractivity contribution in [1.29, 1.82) is 0 Å². The van der Waals surface area contributed by atoms with Crippen molar-refractivity contribution in [1.82, 2.24) is 0 Å². The number of hydrogen-bond donors (Lipinski definition) is 0. The molecule has 0 aromatic heterocycles. The van der Waals surface area contributed by atoms with Gasteiger partial charge in [0.15, 0.2) is 0 Å². The van der Waals surface area contributed by atoms with E-state index in [0.29, 0.717) is 0 Å². The van der Waals surface area contributed by atoms with Gasteiger partial charge in [-0.15, -0.1) is 9.05 Å². The van der Waals surface area contributed by atoms with Gasteiger partial charge in [0.1, 0.15) is 13.2 Å². The minimum atomic E-state index is -10.3. The summed E-state index contributed by atoms with van der Waals surface area (Å²) in [7, 11) is -5.40. The van der Waals surface area contributed by atoms with Gasteiger partial charge in [-0.1, -0.05) is 0 Å². The van der Waals surface area contributed by atoms with Crippen LogP contribution in [0.15, 0.2) is 0 Å². The number of alkyl halides is 54. The Balaban J connectivity index is 6.98. The fourth-order valence-electron chi connectivity index (χ4n) is 5.53. The molecule has 0 unspecified atom stereocenters. The van der Waals surface area contributed by atoms with Gasteiger partial charge in [0.05, 0.1) is 0 Å². The van der Waals surface area contributed by atoms with Gasteiger partial charge in [-0.25, -0.2) is 8.78 Å². The van der Waals surface area contributed by atoms with Gasteiger partial charge in [0.25, 0.3) is 0 Å². The van der Waals surface area contributed by atoms with Crippen LogP contribution in [0.5, 0.6) is 0 Å². The van der Waals surface area contributed by atoms with Crippen LogP contribution in [0.3, 0.4) is 0 Å². The topological polar surface area (TPSA) is 35.5 Å². The van der Waals surface area contributed by atoms with Crippen LogP contribution >= 0.6 is 8.25 Å². The summed E-state index contributed by atoms with van der Waals surface area (Å²) in [6, 6.07) is 0. The van der Waals surface area contributed by atoms with E-state index in [9.17, 15) is 242 Å². The molecule has 0 saturated heterocycles. The van der Waals surface area contributed by atoms with Crippen LogP contribution in [-0.4, -0.2) is 168 Å². The van der Waals surface area contributed by atoms with Crippen molar-refractivity contribution < 1.29 is 251 Å². The summed E-state index contributed by atoms with van der Waals surface area (Å²) in [5, 5.41) is 0. The third kappa shape index (κ3) is 10.6. The summed E-state index contributed by atoms with van der Waals surface area (Å²) in [6.07, 6.45) is -44.1. The highest BCUT2D eigenvalue weighted by molar-refractivity contribution is 7.33. The van der Waals surface area contributed by atoms with Gasteiger partial charge in [-0.05, 0) is 0 Å². The minimum Gasteiger partial charge on any atom is -0.216 e. The van der Waals surface area contributed by atoms with Crippen molar-refractivity contribution in [2.45, 2.75) is 167 Å². The van der Waals surface area contributed by atoms with E-state index in [-0.39, 0.29) is 0 Å². The molecule has 0 radical (unpaired) electrons. The Hall–Kier alpha value is -3.76. The first-order chi connectivity index (χ1) is 37.1.